The fraction of sp³-hybridized carbons (Fsp3) is 0.846. The van der Waals surface area contributed by atoms with Gasteiger partial charge in [-0.3, -0.25) is 9.59 Å². The van der Waals surface area contributed by atoms with E-state index < -0.39 is 11.4 Å². The minimum Gasteiger partial charge on any atom is -0.465 e. The number of thioether (sulfide) groups is 1. The zero-order valence-electron chi connectivity index (χ0n) is 11.4. The van der Waals surface area contributed by atoms with E-state index >= 15 is 0 Å². The van der Waals surface area contributed by atoms with Crippen LogP contribution in [-0.4, -0.2) is 42.6 Å². The van der Waals surface area contributed by atoms with Crippen LogP contribution in [0.1, 0.15) is 33.6 Å². The Kier molecular flexibility index (Phi) is 6.15. The van der Waals surface area contributed by atoms with Gasteiger partial charge < -0.3 is 9.47 Å². The molecule has 18 heavy (non-hydrogen) atoms. The summed E-state index contributed by atoms with van der Waals surface area (Å²) in [5, 5.41) is 0.473. The van der Waals surface area contributed by atoms with E-state index in [1.54, 1.807) is 32.5 Å². The number of hydrogen-bond donors (Lipinski definition) is 0. The van der Waals surface area contributed by atoms with Gasteiger partial charge in [-0.05, 0) is 33.6 Å². The quantitative estimate of drug-likeness (QED) is 0.548. The number of hydrogen-bond acceptors (Lipinski definition) is 5. The lowest BCUT2D eigenvalue weighted by molar-refractivity contribution is -0.157. The predicted octanol–water partition coefficient (Wildman–Crippen LogP) is 2.06. The lowest BCUT2D eigenvalue weighted by Crippen LogP contribution is -2.37. The van der Waals surface area contributed by atoms with Gasteiger partial charge >= 0.3 is 5.97 Å². The minimum atomic E-state index is -1.03. The molecule has 0 aliphatic carbocycles. The van der Waals surface area contributed by atoms with Crippen molar-refractivity contribution in [1.29, 1.82) is 0 Å². The molecule has 4 nitrogen and oxygen atoms in total. The van der Waals surface area contributed by atoms with Crippen molar-refractivity contribution in [3.05, 3.63) is 0 Å². The standard InChI is InChI=1S/C13H22O4S/c1-4-17-12(15)13(2,3)11(14)9-18-10-5-7-16-8-6-10/h10H,4-9H2,1-3H3. The first-order chi connectivity index (χ1) is 8.48. The van der Waals surface area contributed by atoms with Crippen LogP contribution in [0.3, 0.4) is 0 Å². The van der Waals surface area contributed by atoms with Gasteiger partial charge in [-0.25, -0.2) is 0 Å². The molecule has 0 unspecified atom stereocenters. The molecule has 0 amide bonds. The minimum absolute atomic E-state index is 0.0579. The molecule has 0 N–H and O–H groups in total. The number of ether oxygens (including phenoxy) is 2. The highest BCUT2D eigenvalue weighted by Crippen LogP contribution is 2.26. The highest BCUT2D eigenvalue weighted by molar-refractivity contribution is 8.00. The molecule has 0 aromatic rings. The van der Waals surface area contributed by atoms with Crippen molar-refractivity contribution in [2.24, 2.45) is 5.41 Å². The molecule has 1 heterocycles. The molecule has 1 aliphatic rings. The highest BCUT2D eigenvalue weighted by atomic mass is 32.2. The zero-order valence-corrected chi connectivity index (χ0v) is 12.2. The summed E-state index contributed by atoms with van der Waals surface area (Å²) in [6.07, 6.45) is 1.97. The number of rotatable bonds is 6. The normalized spacial score (nSPS) is 17.5. The van der Waals surface area contributed by atoms with Crippen molar-refractivity contribution < 1.29 is 19.1 Å². The molecule has 1 rings (SSSR count). The van der Waals surface area contributed by atoms with Gasteiger partial charge in [0.15, 0.2) is 5.78 Å². The topological polar surface area (TPSA) is 52.6 Å². The maximum atomic E-state index is 12.1. The molecule has 1 saturated heterocycles. The lowest BCUT2D eigenvalue weighted by Gasteiger charge is -2.24. The molecule has 0 bridgehead atoms. The van der Waals surface area contributed by atoms with E-state index in [0.717, 1.165) is 26.1 Å². The lowest BCUT2D eigenvalue weighted by atomic mass is 9.89. The molecule has 0 saturated carbocycles. The van der Waals surface area contributed by atoms with E-state index in [9.17, 15) is 9.59 Å². The molecule has 5 heteroatoms. The Morgan fingerprint density at radius 1 is 1.33 bits per heavy atom. The largest absolute Gasteiger partial charge is 0.465 e. The molecule has 1 fully saturated rings. The van der Waals surface area contributed by atoms with E-state index in [-0.39, 0.29) is 5.78 Å². The van der Waals surface area contributed by atoms with Crippen molar-refractivity contribution in [2.75, 3.05) is 25.6 Å². The number of carbonyl (C=O) groups is 2. The molecule has 104 valence electrons. The first-order valence-electron chi connectivity index (χ1n) is 6.38. The molecule has 0 atom stereocenters. The van der Waals surface area contributed by atoms with Crippen LogP contribution in [0.2, 0.25) is 0 Å². The smallest absolute Gasteiger partial charge is 0.319 e. The van der Waals surface area contributed by atoms with Gasteiger partial charge in [-0.2, -0.15) is 11.8 Å². The zero-order chi connectivity index (χ0) is 13.6. The van der Waals surface area contributed by atoms with Crippen molar-refractivity contribution in [1.82, 2.24) is 0 Å². The summed E-state index contributed by atoms with van der Waals surface area (Å²) in [6.45, 7) is 6.87. The van der Waals surface area contributed by atoms with Gasteiger partial charge in [-0.1, -0.05) is 0 Å². The molecular formula is C13H22O4S. The third-order valence-corrected chi connectivity index (χ3v) is 4.47. The predicted molar refractivity (Wildman–Crippen MR) is 71.7 cm³/mol. The summed E-state index contributed by atoms with van der Waals surface area (Å²) in [5.41, 5.74) is -1.03. The summed E-state index contributed by atoms with van der Waals surface area (Å²) in [6, 6.07) is 0. The Balaban J connectivity index is 2.40. The van der Waals surface area contributed by atoms with E-state index in [1.807, 2.05) is 0 Å². The first kappa shape index (κ1) is 15.5. The third-order valence-electron chi connectivity index (χ3n) is 3.10. The van der Waals surface area contributed by atoms with Gasteiger partial charge in [-0.15, -0.1) is 0 Å². The average molecular weight is 274 g/mol. The van der Waals surface area contributed by atoms with Gasteiger partial charge in [0.05, 0.1) is 12.4 Å². The van der Waals surface area contributed by atoms with Crippen molar-refractivity contribution in [3.8, 4) is 0 Å². The summed E-state index contributed by atoms with van der Waals surface area (Å²) >= 11 is 1.63. The summed E-state index contributed by atoms with van der Waals surface area (Å²) in [4.78, 5) is 23.8. The van der Waals surface area contributed by atoms with Crippen molar-refractivity contribution in [2.45, 2.75) is 38.9 Å². The van der Waals surface area contributed by atoms with Gasteiger partial charge in [0.1, 0.15) is 5.41 Å². The van der Waals surface area contributed by atoms with Crippen LogP contribution in [0.4, 0.5) is 0 Å². The maximum Gasteiger partial charge on any atom is 0.319 e. The first-order valence-corrected chi connectivity index (χ1v) is 7.43. The van der Waals surface area contributed by atoms with Crippen LogP contribution >= 0.6 is 11.8 Å². The molecule has 1 aliphatic heterocycles. The molecule has 0 radical (unpaired) electrons. The molecular weight excluding hydrogens is 252 g/mol. The number of Topliss-reactive ketones (excluding diaryl/α,β-unsaturated/α-hetero) is 1. The van der Waals surface area contributed by atoms with E-state index in [1.165, 1.54) is 0 Å². The highest BCUT2D eigenvalue weighted by Gasteiger charge is 2.37. The number of ketones is 1. The number of esters is 1. The van der Waals surface area contributed by atoms with E-state index in [4.69, 9.17) is 9.47 Å². The Morgan fingerprint density at radius 3 is 2.50 bits per heavy atom. The molecule has 0 aromatic carbocycles. The van der Waals surface area contributed by atoms with Crippen molar-refractivity contribution in [3.63, 3.8) is 0 Å². The Hall–Kier alpha value is -0.550. The fourth-order valence-corrected chi connectivity index (χ4v) is 2.92. The second kappa shape index (κ2) is 7.14. The molecule has 0 spiro atoms. The van der Waals surface area contributed by atoms with E-state index in [0.29, 0.717) is 17.6 Å². The van der Waals surface area contributed by atoms with Gasteiger partial charge in [0.25, 0.3) is 0 Å². The van der Waals surface area contributed by atoms with Crippen LogP contribution < -0.4 is 0 Å². The monoisotopic (exact) mass is 274 g/mol. The second-order valence-corrected chi connectivity index (χ2v) is 6.18. The Morgan fingerprint density at radius 2 is 1.94 bits per heavy atom. The average Bonchev–Trinajstić information content (AvgIpc) is 2.37. The van der Waals surface area contributed by atoms with E-state index in [2.05, 4.69) is 0 Å². The summed E-state index contributed by atoms with van der Waals surface area (Å²) < 4.78 is 10.2. The van der Waals surface area contributed by atoms with Crippen LogP contribution in [0.15, 0.2) is 0 Å². The second-order valence-electron chi connectivity index (χ2n) is 4.89. The summed E-state index contributed by atoms with van der Waals surface area (Å²) in [5.74, 6) is -0.115. The third kappa shape index (κ3) is 4.28. The maximum absolute atomic E-state index is 12.1. The van der Waals surface area contributed by atoms with Crippen molar-refractivity contribution >= 4 is 23.5 Å². The Labute approximate surface area is 113 Å². The SMILES string of the molecule is CCOC(=O)C(C)(C)C(=O)CSC1CCOCC1. The summed E-state index contributed by atoms with van der Waals surface area (Å²) in [7, 11) is 0. The van der Waals surface area contributed by atoms with Gasteiger partial charge in [0.2, 0.25) is 0 Å². The van der Waals surface area contributed by atoms with Crippen LogP contribution in [-0.2, 0) is 19.1 Å². The fourth-order valence-electron chi connectivity index (χ4n) is 1.64. The van der Waals surface area contributed by atoms with Gasteiger partial charge in [0, 0.05) is 18.5 Å². The van der Waals surface area contributed by atoms with Crippen LogP contribution in [0.5, 0.6) is 0 Å². The van der Waals surface area contributed by atoms with Crippen LogP contribution in [0.25, 0.3) is 0 Å². The number of carbonyl (C=O) groups excluding carboxylic acids is 2. The molecule has 0 aromatic heterocycles. The van der Waals surface area contributed by atoms with Crippen LogP contribution in [0, 0.1) is 5.41 Å². The Bertz CT molecular complexity index is 295.